The van der Waals surface area contributed by atoms with Gasteiger partial charge >= 0.3 is 0 Å². The minimum absolute atomic E-state index is 0. The monoisotopic (exact) mass is 406 g/mol. The van der Waals surface area contributed by atoms with E-state index in [2.05, 4.69) is 27.7 Å². The summed E-state index contributed by atoms with van der Waals surface area (Å²) in [6, 6.07) is 0. The quantitative estimate of drug-likeness (QED) is 0.517. The number of hydrogen-bond acceptors (Lipinski definition) is 2. The van der Waals surface area contributed by atoms with Gasteiger partial charge in [-0.15, -0.1) is 0 Å². The minimum atomic E-state index is -0.415. The Labute approximate surface area is 181 Å². The summed E-state index contributed by atoms with van der Waals surface area (Å²) in [6.45, 7) is 9.42. The molecule has 4 aliphatic carbocycles. The molecule has 3 unspecified atom stereocenters. The van der Waals surface area contributed by atoms with Crippen molar-refractivity contribution in [2.75, 3.05) is 0 Å². The largest absolute Gasteiger partial charge is 0.393 e. The highest BCUT2D eigenvalue weighted by molar-refractivity contribution is 5.10. The normalized spacial score (nSPS) is 50.1. The Morgan fingerprint density at radius 1 is 0.897 bits per heavy atom. The van der Waals surface area contributed by atoms with Crippen molar-refractivity contribution in [3.63, 3.8) is 0 Å². The topological polar surface area (TPSA) is 40.5 Å². The first-order valence-corrected chi connectivity index (χ1v) is 12.6. The zero-order valence-corrected chi connectivity index (χ0v) is 19.1. The van der Waals surface area contributed by atoms with E-state index in [1.54, 1.807) is 0 Å². The van der Waals surface area contributed by atoms with Crippen molar-refractivity contribution in [3.8, 4) is 0 Å². The van der Waals surface area contributed by atoms with Gasteiger partial charge in [0.15, 0.2) is 0 Å². The van der Waals surface area contributed by atoms with Crippen LogP contribution in [0.1, 0.15) is 119 Å². The summed E-state index contributed by atoms with van der Waals surface area (Å²) in [4.78, 5) is 0. The molecule has 0 heterocycles. The van der Waals surface area contributed by atoms with Crippen LogP contribution < -0.4 is 0 Å². The van der Waals surface area contributed by atoms with Crippen molar-refractivity contribution in [1.82, 2.24) is 0 Å². The molecule has 0 bridgehead atoms. The summed E-state index contributed by atoms with van der Waals surface area (Å²) in [6.07, 6.45) is 16.2. The van der Waals surface area contributed by atoms with Crippen molar-refractivity contribution in [3.05, 3.63) is 0 Å². The van der Waals surface area contributed by atoms with Gasteiger partial charge in [0.25, 0.3) is 0 Å². The zero-order valence-electron chi connectivity index (χ0n) is 19.1. The van der Waals surface area contributed by atoms with Crippen LogP contribution in [0.5, 0.6) is 0 Å². The Bertz CT molecular complexity index is 557. The van der Waals surface area contributed by atoms with Crippen LogP contribution in [0, 0.1) is 40.4 Å². The third kappa shape index (κ3) is 4.07. The molecule has 2 N–H and O–H groups in total. The summed E-state index contributed by atoms with van der Waals surface area (Å²) in [5, 5.41) is 20.6. The summed E-state index contributed by atoms with van der Waals surface area (Å²) in [7, 11) is 0. The van der Waals surface area contributed by atoms with Crippen LogP contribution in [0.15, 0.2) is 0 Å². The van der Waals surface area contributed by atoms with Gasteiger partial charge in [0.1, 0.15) is 0 Å². The van der Waals surface area contributed by atoms with Crippen LogP contribution in [-0.4, -0.2) is 21.9 Å². The maximum absolute atomic E-state index is 10.7. The average Bonchev–Trinajstić information content (AvgIpc) is 2.98. The van der Waals surface area contributed by atoms with Gasteiger partial charge < -0.3 is 10.2 Å². The highest BCUT2D eigenvalue weighted by Gasteiger charge is 2.60. The van der Waals surface area contributed by atoms with E-state index in [1.807, 2.05) is 0 Å². The molecule has 4 aliphatic rings. The number of aliphatic hydroxyl groups excluding tert-OH is 1. The molecule has 2 nitrogen and oxygen atoms in total. The zero-order chi connectivity index (χ0) is 20.2. The SMILES string of the molecule is C.CC[C@H](O)CCC[C@H]1CCC2[C@@H]3CCC4C[C@@](C)(O)CC[C@]4(C)C3CC[C@@]21C. The van der Waals surface area contributed by atoms with Crippen molar-refractivity contribution in [2.24, 2.45) is 40.4 Å². The predicted octanol–water partition coefficient (Wildman–Crippen LogP) is 6.97. The first-order chi connectivity index (χ1) is 13.2. The van der Waals surface area contributed by atoms with Gasteiger partial charge in [-0.25, -0.2) is 0 Å². The summed E-state index contributed by atoms with van der Waals surface area (Å²) < 4.78 is 0. The molecular formula is C27H50O2. The molecule has 0 amide bonds. The molecule has 0 aliphatic heterocycles. The molecule has 0 aromatic carbocycles. The molecule has 170 valence electrons. The average molecular weight is 407 g/mol. The molecule has 2 heteroatoms. The van der Waals surface area contributed by atoms with Crippen LogP contribution in [0.25, 0.3) is 0 Å². The molecule has 4 rings (SSSR count). The number of fused-ring (bicyclic) bond motifs is 5. The highest BCUT2D eigenvalue weighted by Crippen LogP contribution is 2.68. The Hall–Kier alpha value is -0.0800. The molecule has 4 saturated carbocycles. The van der Waals surface area contributed by atoms with Crippen molar-refractivity contribution >= 4 is 0 Å². The second-order valence-electron chi connectivity index (χ2n) is 12.2. The third-order valence-electron chi connectivity index (χ3n) is 10.7. The fraction of sp³-hybridized carbons (Fsp3) is 1.00. The second-order valence-corrected chi connectivity index (χ2v) is 12.2. The number of rotatable bonds is 5. The lowest BCUT2D eigenvalue weighted by molar-refractivity contribution is -0.146. The van der Waals surface area contributed by atoms with Gasteiger partial charge in [-0.1, -0.05) is 34.6 Å². The van der Waals surface area contributed by atoms with E-state index in [0.29, 0.717) is 10.8 Å². The maximum atomic E-state index is 10.7. The predicted molar refractivity (Wildman–Crippen MR) is 123 cm³/mol. The van der Waals surface area contributed by atoms with Gasteiger partial charge in [0, 0.05) is 0 Å². The molecule has 9 atom stereocenters. The van der Waals surface area contributed by atoms with E-state index in [4.69, 9.17) is 0 Å². The summed E-state index contributed by atoms with van der Waals surface area (Å²) in [5.41, 5.74) is 0.624. The lowest BCUT2D eigenvalue weighted by Crippen LogP contribution is -2.55. The van der Waals surface area contributed by atoms with E-state index in [0.717, 1.165) is 55.3 Å². The first-order valence-electron chi connectivity index (χ1n) is 12.6. The molecular weight excluding hydrogens is 356 g/mol. The van der Waals surface area contributed by atoms with Gasteiger partial charge in [0.2, 0.25) is 0 Å². The molecule has 4 fully saturated rings. The lowest BCUT2D eigenvalue weighted by atomic mass is 9.44. The Morgan fingerprint density at radius 2 is 1.62 bits per heavy atom. The van der Waals surface area contributed by atoms with Crippen molar-refractivity contribution in [1.29, 1.82) is 0 Å². The molecule has 0 saturated heterocycles. The van der Waals surface area contributed by atoms with E-state index in [-0.39, 0.29) is 13.5 Å². The van der Waals surface area contributed by atoms with Crippen LogP contribution in [0.2, 0.25) is 0 Å². The van der Waals surface area contributed by atoms with Gasteiger partial charge in [-0.2, -0.15) is 0 Å². The smallest absolute Gasteiger partial charge is 0.0622 e. The second kappa shape index (κ2) is 8.45. The van der Waals surface area contributed by atoms with Crippen LogP contribution in [0.4, 0.5) is 0 Å². The summed E-state index contributed by atoms with van der Waals surface area (Å²) >= 11 is 0. The Kier molecular flexibility index (Phi) is 6.87. The minimum Gasteiger partial charge on any atom is -0.393 e. The Morgan fingerprint density at radius 3 is 2.34 bits per heavy atom. The molecule has 0 aromatic rings. The van der Waals surface area contributed by atoms with Crippen LogP contribution in [-0.2, 0) is 0 Å². The number of hydrogen-bond donors (Lipinski definition) is 2. The third-order valence-corrected chi connectivity index (χ3v) is 10.7. The number of aliphatic hydroxyl groups is 2. The first kappa shape index (κ1) is 23.6. The van der Waals surface area contributed by atoms with Gasteiger partial charge in [-0.3, -0.25) is 0 Å². The van der Waals surface area contributed by atoms with E-state index in [9.17, 15) is 10.2 Å². The molecule has 29 heavy (non-hydrogen) atoms. The van der Waals surface area contributed by atoms with E-state index >= 15 is 0 Å². The Balaban J connectivity index is 0.00000240. The standard InChI is InChI=1S/C26H46O2.CH4/c1-5-20(27)8-6-7-18-10-12-22-21-11-9-19-17-24(2,28)15-16-26(19,4)23(21)13-14-25(18,22)3;/h18-23,27-28H,5-17H2,1-4H3;1H4/t18-,19?,20-,21-,22?,23?,24-,25+,26-;/m0./s1. The van der Waals surface area contributed by atoms with Crippen molar-refractivity contribution in [2.45, 2.75) is 130 Å². The molecule has 0 spiro atoms. The molecule has 0 radical (unpaired) electrons. The van der Waals surface area contributed by atoms with Gasteiger partial charge in [0.05, 0.1) is 11.7 Å². The molecule has 0 aromatic heterocycles. The van der Waals surface area contributed by atoms with E-state index in [1.165, 1.54) is 57.8 Å². The fourth-order valence-corrected chi connectivity index (χ4v) is 8.82. The summed E-state index contributed by atoms with van der Waals surface area (Å²) in [5.74, 6) is 4.41. The van der Waals surface area contributed by atoms with Crippen LogP contribution in [0.3, 0.4) is 0 Å². The fourth-order valence-electron chi connectivity index (χ4n) is 8.82. The maximum Gasteiger partial charge on any atom is 0.0622 e. The van der Waals surface area contributed by atoms with Crippen LogP contribution >= 0.6 is 0 Å². The van der Waals surface area contributed by atoms with E-state index < -0.39 is 5.60 Å². The lowest BCUT2D eigenvalue weighted by Gasteiger charge is -2.62. The highest BCUT2D eigenvalue weighted by atomic mass is 16.3. The van der Waals surface area contributed by atoms with Gasteiger partial charge in [-0.05, 0) is 124 Å². The van der Waals surface area contributed by atoms with Crippen molar-refractivity contribution < 1.29 is 10.2 Å².